The third-order valence-electron chi connectivity index (χ3n) is 3.45. The van der Waals surface area contributed by atoms with Crippen LogP contribution < -0.4 is 9.47 Å². The largest absolute Gasteiger partial charge is 0.515 e. The number of carbonyl (C=O) groups is 1. The highest BCUT2D eigenvalue weighted by molar-refractivity contribution is 5.62. The normalized spacial score (nSPS) is 10.5. The highest BCUT2D eigenvalue weighted by Gasteiger charge is 2.13. The van der Waals surface area contributed by atoms with E-state index in [0.717, 1.165) is 0 Å². The van der Waals surface area contributed by atoms with Crippen LogP contribution in [0.5, 0.6) is 11.8 Å². The highest BCUT2D eigenvalue weighted by atomic mass is 19.1. The van der Waals surface area contributed by atoms with E-state index in [1.807, 2.05) is 0 Å². The maximum atomic E-state index is 13.1. The van der Waals surface area contributed by atoms with Gasteiger partial charge < -0.3 is 14.2 Å². The van der Waals surface area contributed by atoms with E-state index in [0.29, 0.717) is 17.1 Å². The number of aromatic nitrogens is 5. The Morgan fingerprint density at radius 1 is 1.07 bits per heavy atom. The van der Waals surface area contributed by atoms with Gasteiger partial charge in [0.05, 0.1) is 18.0 Å². The van der Waals surface area contributed by atoms with Crippen molar-refractivity contribution in [1.29, 1.82) is 0 Å². The van der Waals surface area contributed by atoms with Crippen molar-refractivity contribution in [3.63, 3.8) is 0 Å². The fourth-order valence-corrected chi connectivity index (χ4v) is 2.15. The molecule has 9 nitrogen and oxygen atoms in total. The Hall–Kier alpha value is -3.56. The first-order chi connectivity index (χ1) is 13.1. The van der Waals surface area contributed by atoms with Gasteiger partial charge in [0, 0.05) is 12.1 Å². The molecule has 2 heterocycles. The molecule has 3 rings (SSSR count). The minimum absolute atomic E-state index is 0.00463. The summed E-state index contributed by atoms with van der Waals surface area (Å²) in [6.07, 6.45) is -0.856. The minimum atomic E-state index is -0.856. The molecule has 0 saturated heterocycles. The SMILES string of the molecule is CCOC(=O)Oc1ccc(OCc2c(C)nnn2-c2ccc(F)cc2)nn1. The van der Waals surface area contributed by atoms with Crippen LogP contribution in [0.1, 0.15) is 18.3 Å². The van der Waals surface area contributed by atoms with Crippen LogP contribution in [0.3, 0.4) is 0 Å². The first-order valence-electron chi connectivity index (χ1n) is 8.05. The first-order valence-corrected chi connectivity index (χ1v) is 8.05. The van der Waals surface area contributed by atoms with Gasteiger partial charge in [-0.3, -0.25) is 0 Å². The van der Waals surface area contributed by atoms with Crippen LogP contribution in [0.4, 0.5) is 9.18 Å². The highest BCUT2D eigenvalue weighted by Crippen LogP contribution is 2.17. The Kier molecular flexibility index (Phi) is 5.55. The van der Waals surface area contributed by atoms with E-state index < -0.39 is 6.16 Å². The molecule has 1 aromatic carbocycles. The first kappa shape index (κ1) is 18.2. The Bertz CT molecular complexity index is 912. The molecule has 140 valence electrons. The van der Waals surface area contributed by atoms with Crippen LogP contribution in [0.15, 0.2) is 36.4 Å². The number of hydrogen-bond donors (Lipinski definition) is 0. The Morgan fingerprint density at radius 2 is 1.78 bits per heavy atom. The Balaban J connectivity index is 1.67. The standard InChI is InChI=1S/C17H16FN5O4/c1-3-25-17(24)27-16-9-8-15(20-21-16)26-10-14-11(2)19-22-23(14)13-6-4-12(18)5-7-13/h4-9H,3,10H2,1-2H3. The van der Waals surface area contributed by atoms with Crippen LogP contribution in [-0.4, -0.2) is 38.0 Å². The van der Waals surface area contributed by atoms with Crippen LogP contribution in [0.2, 0.25) is 0 Å². The fraction of sp³-hybridized carbons (Fsp3) is 0.235. The lowest BCUT2D eigenvalue weighted by Crippen LogP contribution is -2.11. The van der Waals surface area contributed by atoms with Gasteiger partial charge in [0.15, 0.2) is 0 Å². The van der Waals surface area contributed by atoms with Crippen LogP contribution in [0, 0.1) is 12.7 Å². The van der Waals surface area contributed by atoms with E-state index in [2.05, 4.69) is 25.2 Å². The number of hydrogen-bond acceptors (Lipinski definition) is 8. The molecule has 0 radical (unpaired) electrons. The topological polar surface area (TPSA) is 101 Å². The van der Waals surface area contributed by atoms with Crippen molar-refractivity contribution >= 4 is 6.16 Å². The number of carbonyl (C=O) groups excluding carboxylic acids is 1. The van der Waals surface area contributed by atoms with Gasteiger partial charge in [-0.25, -0.2) is 13.9 Å². The molecule has 10 heteroatoms. The molecule has 0 saturated carbocycles. The number of ether oxygens (including phenoxy) is 3. The van der Waals surface area contributed by atoms with E-state index in [1.54, 1.807) is 30.7 Å². The molecule has 0 atom stereocenters. The molecule has 0 bridgehead atoms. The van der Waals surface area contributed by atoms with Gasteiger partial charge in [0.1, 0.15) is 18.1 Å². The van der Waals surface area contributed by atoms with Crippen molar-refractivity contribution in [3.8, 4) is 17.4 Å². The quantitative estimate of drug-likeness (QED) is 0.608. The van der Waals surface area contributed by atoms with E-state index in [4.69, 9.17) is 9.47 Å². The van der Waals surface area contributed by atoms with E-state index >= 15 is 0 Å². The van der Waals surface area contributed by atoms with Crippen LogP contribution in [0.25, 0.3) is 5.69 Å². The zero-order chi connectivity index (χ0) is 19.2. The lowest BCUT2D eigenvalue weighted by molar-refractivity contribution is 0.102. The molecule has 0 fully saturated rings. The van der Waals surface area contributed by atoms with Crippen molar-refractivity contribution in [2.75, 3.05) is 6.61 Å². The molecule has 0 aliphatic carbocycles. The van der Waals surface area contributed by atoms with Gasteiger partial charge in [0.25, 0.3) is 0 Å². The lowest BCUT2D eigenvalue weighted by atomic mass is 10.3. The third kappa shape index (κ3) is 4.54. The number of benzene rings is 1. The second-order valence-electron chi connectivity index (χ2n) is 5.29. The number of halogens is 1. The van der Waals surface area contributed by atoms with E-state index in [1.165, 1.54) is 24.3 Å². The van der Waals surface area contributed by atoms with Crippen LogP contribution in [-0.2, 0) is 11.3 Å². The summed E-state index contributed by atoms with van der Waals surface area (Å²) >= 11 is 0. The van der Waals surface area contributed by atoms with Crippen molar-refractivity contribution in [3.05, 3.63) is 53.6 Å². The molecule has 0 spiro atoms. The van der Waals surface area contributed by atoms with Crippen molar-refractivity contribution in [1.82, 2.24) is 25.2 Å². The molecular formula is C17H16FN5O4. The summed E-state index contributed by atoms with van der Waals surface area (Å²) < 4.78 is 29.7. The summed E-state index contributed by atoms with van der Waals surface area (Å²) in [4.78, 5) is 11.2. The van der Waals surface area contributed by atoms with E-state index in [9.17, 15) is 9.18 Å². The Labute approximate surface area is 153 Å². The number of nitrogens with zero attached hydrogens (tertiary/aromatic N) is 5. The summed E-state index contributed by atoms with van der Waals surface area (Å²) in [6, 6.07) is 8.79. The second kappa shape index (κ2) is 8.21. The predicted octanol–water partition coefficient (Wildman–Crippen LogP) is 2.62. The molecule has 0 N–H and O–H groups in total. The Morgan fingerprint density at radius 3 is 2.44 bits per heavy atom. The molecule has 0 aliphatic heterocycles. The maximum absolute atomic E-state index is 13.1. The van der Waals surface area contributed by atoms with Crippen molar-refractivity contribution in [2.45, 2.75) is 20.5 Å². The molecule has 0 aliphatic rings. The van der Waals surface area contributed by atoms with Gasteiger partial charge in [-0.15, -0.1) is 15.3 Å². The van der Waals surface area contributed by atoms with Gasteiger partial charge in [-0.05, 0) is 38.1 Å². The average Bonchev–Trinajstić information content (AvgIpc) is 3.02. The fourth-order valence-electron chi connectivity index (χ4n) is 2.15. The second-order valence-corrected chi connectivity index (χ2v) is 5.29. The summed E-state index contributed by atoms with van der Waals surface area (Å²) in [6.45, 7) is 3.76. The molecular weight excluding hydrogens is 357 g/mol. The van der Waals surface area contributed by atoms with Gasteiger partial charge in [-0.1, -0.05) is 5.21 Å². The summed E-state index contributed by atoms with van der Waals surface area (Å²) in [7, 11) is 0. The molecule has 0 amide bonds. The average molecular weight is 373 g/mol. The third-order valence-corrected chi connectivity index (χ3v) is 3.45. The summed E-state index contributed by atoms with van der Waals surface area (Å²) in [5, 5.41) is 15.6. The lowest BCUT2D eigenvalue weighted by Gasteiger charge is -2.09. The predicted molar refractivity (Wildman–Crippen MR) is 90.1 cm³/mol. The smallest absolute Gasteiger partial charge is 0.470 e. The van der Waals surface area contributed by atoms with Gasteiger partial charge >= 0.3 is 6.16 Å². The van der Waals surface area contributed by atoms with Gasteiger partial charge in [0.2, 0.25) is 11.8 Å². The number of rotatable bonds is 6. The molecule has 3 aromatic rings. The summed E-state index contributed by atoms with van der Waals surface area (Å²) in [5.74, 6) is -0.124. The van der Waals surface area contributed by atoms with Crippen LogP contribution >= 0.6 is 0 Å². The van der Waals surface area contributed by atoms with Gasteiger partial charge in [-0.2, -0.15) is 0 Å². The zero-order valence-corrected chi connectivity index (χ0v) is 14.6. The maximum Gasteiger partial charge on any atom is 0.515 e. The molecule has 27 heavy (non-hydrogen) atoms. The molecule has 2 aromatic heterocycles. The van der Waals surface area contributed by atoms with E-state index in [-0.39, 0.29) is 30.8 Å². The monoisotopic (exact) mass is 373 g/mol. The number of aryl methyl sites for hydroxylation is 1. The van der Waals surface area contributed by atoms with Crippen molar-refractivity contribution in [2.24, 2.45) is 0 Å². The zero-order valence-electron chi connectivity index (χ0n) is 14.6. The molecule has 0 unspecified atom stereocenters. The minimum Gasteiger partial charge on any atom is -0.470 e. The summed E-state index contributed by atoms with van der Waals surface area (Å²) in [5.41, 5.74) is 1.99. The van der Waals surface area contributed by atoms with Crippen molar-refractivity contribution < 1.29 is 23.4 Å².